The van der Waals surface area contributed by atoms with Crippen molar-refractivity contribution in [2.45, 2.75) is 27.2 Å². The topological polar surface area (TPSA) is 49.4 Å². The van der Waals surface area contributed by atoms with Crippen molar-refractivity contribution in [3.63, 3.8) is 0 Å². The molecule has 6 heteroatoms. The van der Waals surface area contributed by atoms with Gasteiger partial charge in [-0.2, -0.15) is 0 Å². The highest BCUT2D eigenvalue weighted by atomic mass is 79.9. The van der Waals surface area contributed by atoms with Crippen molar-refractivity contribution >= 4 is 50.7 Å². The summed E-state index contributed by atoms with van der Waals surface area (Å²) in [4.78, 5) is 26.9. The van der Waals surface area contributed by atoms with E-state index in [1.807, 2.05) is 45.0 Å². The maximum atomic E-state index is 12.7. The Morgan fingerprint density at radius 2 is 1.92 bits per heavy atom. The molecule has 1 heterocycles. The SMILES string of the molecule is Cc1ccc(C)c(N2C[C@H](C(=O)Nc3cc(Cl)c(Br)cc3C)CC2=O)c1. The van der Waals surface area contributed by atoms with Gasteiger partial charge in [0.25, 0.3) is 0 Å². The van der Waals surface area contributed by atoms with Crippen LogP contribution >= 0.6 is 27.5 Å². The molecule has 0 saturated carbocycles. The van der Waals surface area contributed by atoms with E-state index < -0.39 is 0 Å². The van der Waals surface area contributed by atoms with Gasteiger partial charge in [0.05, 0.1) is 10.9 Å². The number of aryl methyl sites for hydroxylation is 3. The Morgan fingerprint density at radius 3 is 2.65 bits per heavy atom. The molecule has 1 atom stereocenters. The summed E-state index contributed by atoms with van der Waals surface area (Å²) >= 11 is 9.50. The molecule has 1 saturated heterocycles. The number of anilines is 2. The van der Waals surface area contributed by atoms with Crippen molar-refractivity contribution in [3.05, 3.63) is 56.5 Å². The minimum Gasteiger partial charge on any atom is -0.325 e. The number of nitrogens with one attached hydrogen (secondary N) is 1. The first-order valence-corrected chi connectivity index (χ1v) is 9.57. The average molecular weight is 436 g/mol. The van der Waals surface area contributed by atoms with Crippen molar-refractivity contribution in [2.75, 3.05) is 16.8 Å². The van der Waals surface area contributed by atoms with Gasteiger partial charge in [-0.1, -0.05) is 23.7 Å². The van der Waals surface area contributed by atoms with Crippen LogP contribution in [-0.4, -0.2) is 18.4 Å². The second kappa shape index (κ2) is 7.41. The lowest BCUT2D eigenvalue weighted by molar-refractivity contribution is -0.122. The molecule has 1 N–H and O–H groups in total. The van der Waals surface area contributed by atoms with E-state index in [2.05, 4.69) is 21.2 Å². The zero-order valence-electron chi connectivity index (χ0n) is 14.9. The lowest BCUT2D eigenvalue weighted by Gasteiger charge is -2.20. The molecule has 0 unspecified atom stereocenters. The zero-order chi connectivity index (χ0) is 19.0. The third-order valence-corrected chi connectivity index (χ3v) is 5.87. The Labute approximate surface area is 166 Å². The number of rotatable bonds is 3. The molecule has 0 radical (unpaired) electrons. The van der Waals surface area contributed by atoms with Gasteiger partial charge in [-0.3, -0.25) is 9.59 Å². The Balaban J connectivity index is 1.77. The summed E-state index contributed by atoms with van der Waals surface area (Å²) in [6, 6.07) is 9.59. The third kappa shape index (κ3) is 3.79. The van der Waals surface area contributed by atoms with Crippen LogP contribution in [0.4, 0.5) is 11.4 Å². The summed E-state index contributed by atoms with van der Waals surface area (Å²) in [5.41, 5.74) is 4.58. The van der Waals surface area contributed by atoms with Crippen molar-refractivity contribution in [2.24, 2.45) is 5.92 Å². The number of carbonyl (C=O) groups excluding carboxylic acids is 2. The van der Waals surface area contributed by atoms with Gasteiger partial charge >= 0.3 is 0 Å². The Morgan fingerprint density at radius 1 is 1.19 bits per heavy atom. The van der Waals surface area contributed by atoms with E-state index in [-0.39, 0.29) is 24.2 Å². The van der Waals surface area contributed by atoms with Crippen LogP contribution < -0.4 is 10.2 Å². The summed E-state index contributed by atoms with van der Waals surface area (Å²) in [5, 5.41) is 3.45. The Kier molecular flexibility index (Phi) is 5.39. The van der Waals surface area contributed by atoms with Gasteiger partial charge in [0.1, 0.15) is 0 Å². The smallest absolute Gasteiger partial charge is 0.229 e. The Hall–Kier alpha value is -1.85. The van der Waals surface area contributed by atoms with Gasteiger partial charge in [-0.05, 0) is 71.6 Å². The molecule has 136 valence electrons. The van der Waals surface area contributed by atoms with Crippen molar-refractivity contribution in [3.8, 4) is 0 Å². The number of benzene rings is 2. The minimum absolute atomic E-state index is 0.0237. The van der Waals surface area contributed by atoms with Crippen molar-refractivity contribution < 1.29 is 9.59 Å². The molecular weight excluding hydrogens is 416 g/mol. The second-order valence-corrected chi connectivity index (χ2v) is 8.03. The van der Waals surface area contributed by atoms with Crippen LogP contribution in [0.2, 0.25) is 5.02 Å². The van der Waals surface area contributed by atoms with Crippen molar-refractivity contribution in [1.82, 2.24) is 0 Å². The molecule has 2 aromatic carbocycles. The number of amides is 2. The molecule has 4 nitrogen and oxygen atoms in total. The number of hydrogen-bond acceptors (Lipinski definition) is 2. The lowest BCUT2D eigenvalue weighted by Crippen LogP contribution is -2.28. The maximum Gasteiger partial charge on any atom is 0.229 e. The standard InChI is InChI=1S/C20H20BrClN2O2/c1-11-4-5-12(2)18(6-11)24-10-14(8-19(24)25)20(26)23-17-9-16(22)15(21)7-13(17)3/h4-7,9,14H,8,10H2,1-3H3,(H,23,26)/t14-/m1/s1. The quantitative estimate of drug-likeness (QED) is 0.736. The maximum absolute atomic E-state index is 12.7. The monoisotopic (exact) mass is 434 g/mol. The highest BCUT2D eigenvalue weighted by Crippen LogP contribution is 2.32. The molecule has 0 aliphatic carbocycles. The summed E-state index contributed by atoms with van der Waals surface area (Å²) in [7, 11) is 0. The fourth-order valence-corrected chi connectivity index (χ4v) is 3.76. The van der Waals surface area contributed by atoms with Crippen LogP contribution in [-0.2, 0) is 9.59 Å². The first-order valence-electron chi connectivity index (χ1n) is 8.40. The predicted molar refractivity (Wildman–Crippen MR) is 109 cm³/mol. The molecule has 2 aromatic rings. The van der Waals surface area contributed by atoms with Crippen LogP contribution in [0.5, 0.6) is 0 Å². The van der Waals surface area contributed by atoms with E-state index in [4.69, 9.17) is 11.6 Å². The van der Waals surface area contributed by atoms with Gasteiger partial charge in [0.15, 0.2) is 0 Å². The van der Waals surface area contributed by atoms with Gasteiger partial charge in [-0.15, -0.1) is 0 Å². The molecule has 26 heavy (non-hydrogen) atoms. The molecule has 2 amide bonds. The molecule has 0 bridgehead atoms. The van der Waals surface area contributed by atoms with E-state index in [1.165, 1.54) is 0 Å². The number of carbonyl (C=O) groups is 2. The second-order valence-electron chi connectivity index (χ2n) is 6.77. The molecule has 0 spiro atoms. The van der Waals surface area contributed by atoms with Crippen LogP contribution in [0, 0.1) is 26.7 Å². The molecule has 3 rings (SSSR count). The molecule has 1 aliphatic heterocycles. The van der Waals surface area contributed by atoms with E-state index in [0.29, 0.717) is 17.3 Å². The number of halogens is 2. The van der Waals surface area contributed by atoms with Gasteiger partial charge in [-0.25, -0.2) is 0 Å². The van der Waals surface area contributed by atoms with E-state index in [0.717, 1.165) is 26.9 Å². The van der Waals surface area contributed by atoms with Gasteiger partial charge in [0.2, 0.25) is 11.8 Å². The van der Waals surface area contributed by atoms with Crippen LogP contribution in [0.3, 0.4) is 0 Å². The lowest BCUT2D eigenvalue weighted by atomic mass is 10.1. The largest absolute Gasteiger partial charge is 0.325 e. The van der Waals surface area contributed by atoms with Crippen molar-refractivity contribution in [1.29, 1.82) is 0 Å². The van der Waals surface area contributed by atoms with E-state index >= 15 is 0 Å². The molecular formula is C20H20BrClN2O2. The van der Waals surface area contributed by atoms with Gasteiger partial charge in [0, 0.05) is 28.8 Å². The summed E-state index contributed by atoms with van der Waals surface area (Å²) in [6.45, 7) is 6.26. The molecule has 1 fully saturated rings. The highest BCUT2D eigenvalue weighted by molar-refractivity contribution is 9.10. The normalized spacial score (nSPS) is 16.9. The fraction of sp³-hybridized carbons (Fsp3) is 0.300. The number of hydrogen-bond donors (Lipinski definition) is 1. The van der Waals surface area contributed by atoms with E-state index in [9.17, 15) is 9.59 Å². The van der Waals surface area contributed by atoms with Crippen LogP contribution in [0.1, 0.15) is 23.1 Å². The van der Waals surface area contributed by atoms with E-state index in [1.54, 1.807) is 11.0 Å². The first kappa shape index (κ1) is 18.9. The fourth-order valence-electron chi connectivity index (χ4n) is 3.14. The summed E-state index contributed by atoms with van der Waals surface area (Å²) < 4.78 is 0.784. The molecule has 1 aliphatic rings. The van der Waals surface area contributed by atoms with Gasteiger partial charge < -0.3 is 10.2 Å². The summed E-state index contributed by atoms with van der Waals surface area (Å²) in [5.74, 6) is -0.568. The third-order valence-electron chi connectivity index (χ3n) is 4.68. The number of nitrogens with zero attached hydrogens (tertiary/aromatic N) is 1. The summed E-state index contributed by atoms with van der Waals surface area (Å²) in [6.07, 6.45) is 0.211. The Bertz CT molecular complexity index is 898. The predicted octanol–water partition coefficient (Wildman–Crippen LogP) is 5.02. The first-order chi connectivity index (χ1) is 12.3. The molecule has 0 aromatic heterocycles. The van der Waals surface area contributed by atoms with Crippen LogP contribution in [0.25, 0.3) is 0 Å². The zero-order valence-corrected chi connectivity index (χ0v) is 17.2. The highest BCUT2D eigenvalue weighted by Gasteiger charge is 2.35. The van der Waals surface area contributed by atoms with Crippen LogP contribution in [0.15, 0.2) is 34.8 Å². The minimum atomic E-state index is -0.385. The average Bonchev–Trinajstić information content (AvgIpc) is 2.96.